The summed E-state index contributed by atoms with van der Waals surface area (Å²) in [6.45, 7) is 3.18. The third-order valence-electron chi connectivity index (χ3n) is 7.59. The lowest BCUT2D eigenvalue weighted by atomic mass is 9.95. The third kappa shape index (κ3) is 7.98. The van der Waals surface area contributed by atoms with E-state index < -0.39 is 34.3 Å². The maximum atomic E-state index is 14.2. The first-order chi connectivity index (χ1) is 20.1. The molecule has 0 heterocycles. The van der Waals surface area contributed by atoms with Crippen LogP contribution in [0.1, 0.15) is 56.6 Å². The zero-order valence-electron chi connectivity index (χ0n) is 23.9. The molecular formula is C32H37BrFN3O4S. The van der Waals surface area contributed by atoms with E-state index in [0.717, 1.165) is 42.0 Å². The van der Waals surface area contributed by atoms with Gasteiger partial charge in [-0.05, 0) is 74.2 Å². The Morgan fingerprint density at radius 3 is 2.29 bits per heavy atom. The van der Waals surface area contributed by atoms with Crippen molar-refractivity contribution in [2.24, 2.45) is 0 Å². The lowest BCUT2D eigenvalue weighted by Gasteiger charge is -2.34. The molecule has 2 amide bonds. The van der Waals surface area contributed by atoms with E-state index in [1.54, 1.807) is 48.5 Å². The second kappa shape index (κ2) is 14.3. The van der Waals surface area contributed by atoms with Crippen LogP contribution in [0.3, 0.4) is 0 Å². The van der Waals surface area contributed by atoms with Crippen molar-refractivity contribution in [1.82, 2.24) is 10.2 Å². The molecule has 0 aliphatic heterocycles. The molecule has 3 aromatic rings. The third-order valence-corrected chi connectivity index (χ3v) is 9.87. The summed E-state index contributed by atoms with van der Waals surface area (Å²) in [6, 6.07) is 18.1. The first-order valence-electron chi connectivity index (χ1n) is 14.3. The maximum absolute atomic E-state index is 14.2. The number of hydrogen-bond acceptors (Lipinski definition) is 4. The predicted octanol–water partition coefficient (Wildman–Crippen LogP) is 6.35. The number of nitrogens with one attached hydrogen (secondary N) is 1. The normalized spacial score (nSPS) is 14.7. The Kier molecular flexibility index (Phi) is 10.8. The monoisotopic (exact) mass is 657 g/mol. The lowest BCUT2D eigenvalue weighted by Crippen LogP contribution is -2.54. The molecule has 4 rings (SSSR count). The molecule has 7 nitrogen and oxygen atoms in total. The number of amides is 2. The fourth-order valence-corrected chi connectivity index (χ4v) is 7.04. The van der Waals surface area contributed by atoms with Gasteiger partial charge >= 0.3 is 0 Å². The Hall–Kier alpha value is -3.24. The Morgan fingerprint density at radius 2 is 1.67 bits per heavy atom. The summed E-state index contributed by atoms with van der Waals surface area (Å²) in [5.74, 6) is -1.22. The molecule has 224 valence electrons. The summed E-state index contributed by atoms with van der Waals surface area (Å²) < 4.78 is 43.3. The molecule has 1 N–H and O–H groups in total. The minimum Gasteiger partial charge on any atom is -0.352 e. The van der Waals surface area contributed by atoms with Crippen LogP contribution in [-0.2, 0) is 26.2 Å². The van der Waals surface area contributed by atoms with Gasteiger partial charge in [-0.3, -0.25) is 13.9 Å². The number of aryl methyl sites for hydroxylation is 1. The van der Waals surface area contributed by atoms with Crippen LogP contribution in [0.15, 0.2) is 82.2 Å². The van der Waals surface area contributed by atoms with Crippen LogP contribution in [0, 0.1) is 12.7 Å². The van der Waals surface area contributed by atoms with Crippen molar-refractivity contribution in [3.8, 4) is 0 Å². The molecule has 3 aromatic carbocycles. The fourth-order valence-electron chi connectivity index (χ4n) is 5.25. The Balaban J connectivity index is 1.70. The van der Waals surface area contributed by atoms with Crippen molar-refractivity contribution in [3.05, 3.63) is 94.2 Å². The quantitative estimate of drug-likeness (QED) is 0.260. The highest BCUT2D eigenvalue weighted by atomic mass is 79.9. The molecule has 42 heavy (non-hydrogen) atoms. The average molecular weight is 659 g/mol. The molecule has 1 aliphatic carbocycles. The summed E-state index contributed by atoms with van der Waals surface area (Å²) in [7, 11) is -4.16. The maximum Gasteiger partial charge on any atom is 0.264 e. The topological polar surface area (TPSA) is 86.8 Å². The molecule has 0 bridgehead atoms. The number of carbonyl (C=O) groups excluding carboxylic acids is 2. The molecule has 0 radical (unpaired) electrons. The van der Waals surface area contributed by atoms with Gasteiger partial charge in [0.15, 0.2) is 0 Å². The fraction of sp³-hybridized carbons (Fsp3) is 0.375. The highest BCUT2D eigenvalue weighted by molar-refractivity contribution is 9.10. The predicted molar refractivity (Wildman–Crippen MR) is 166 cm³/mol. The largest absolute Gasteiger partial charge is 0.352 e. The molecule has 0 saturated heterocycles. The molecule has 1 atom stereocenters. The lowest BCUT2D eigenvalue weighted by molar-refractivity contribution is -0.140. The van der Waals surface area contributed by atoms with Crippen LogP contribution in [-0.4, -0.2) is 43.8 Å². The van der Waals surface area contributed by atoms with Crippen LogP contribution < -0.4 is 9.62 Å². The Morgan fingerprint density at radius 1 is 1.00 bits per heavy atom. The van der Waals surface area contributed by atoms with Gasteiger partial charge in [0, 0.05) is 17.1 Å². The van der Waals surface area contributed by atoms with Gasteiger partial charge in [0.05, 0.1) is 10.6 Å². The number of nitrogens with zero attached hydrogens (tertiary/aromatic N) is 2. The molecule has 0 spiro atoms. The number of hydrogen-bond donors (Lipinski definition) is 1. The smallest absolute Gasteiger partial charge is 0.264 e. The number of halogens is 2. The van der Waals surface area contributed by atoms with E-state index >= 15 is 0 Å². The Labute approximate surface area is 256 Å². The Bertz CT molecular complexity index is 1480. The van der Waals surface area contributed by atoms with Crippen LogP contribution in [0.4, 0.5) is 10.1 Å². The first kappa shape index (κ1) is 31.7. The van der Waals surface area contributed by atoms with Gasteiger partial charge in [-0.2, -0.15) is 0 Å². The molecule has 1 saturated carbocycles. The second-order valence-corrected chi connectivity index (χ2v) is 13.5. The van der Waals surface area contributed by atoms with Crippen molar-refractivity contribution in [2.45, 2.75) is 75.9 Å². The van der Waals surface area contributed by atoms with Crippen molar-refractivity contribution in [3.63, 3.8) is 0 Å². The van der Waals surface area contributed by atoms with Gasteiger partial charge in [0.1, 0.15) is 18.4 Å². The minimum atomic E-state index is -4.16. The number of rotatable bonds is 11. The van der Waals surface area contributed by atoms with Crippen molar-refractivity contribution in [2.75, 3.05) is 10.8 Å². The van der Waals surface area contributed by atoms with Gasteiger partial charge in [0.25, 0.3) is 10.0 Å². The van der Waals surface area contributed by atoms with Crippen LogP contribution in [0.2, 0.25) is 0 Å². The zero-order valence-corrected chi connectivity index (χ0v) is 26.3. The minimum absolute atomic E-state index is 0.0204. The number of sulfonamides is 1. The summed E-state index contributed by atoms with van der Waals surface area (Å²) in [6.07, 6.45) is 5.32. The first-order valence-corrected chi connectivity index (χ1v) is 16.5. The van der Waals surface area contributed by atoms with Gasteiger partial charge in [-0.1, -0.05) is 78.0 Å². The standard InChI is InChI=1S/C32H37BrFN3O4S/c1-3-30(32(39)35-27-9-5-4-6-10-27)36(21-24-14-16-26(34)17-15-24)31(38)22-37(28-11-7-8-25(33)20-28)42(40,41)29-18-12-23(2)13-19-29/h7-8,11-20,27,30H,3-6,9-10,21-22H2,1-2H3,(H,35,39)/t30-/m1/s1. The summed E-state index contributed by atoms with van der Waals surface area (Å²) in [4.78, 5) is 29.2. The summed E-state index contributed by atoms with van der Waals surface area (Å²) in [5, 5.41) is 3.12. The van der Waals surface area contributed by atoms with Crippen molar-refractivity contribution in [1.29, 1.82) is 0 Å². The van der Waals surface area contributed by atoms with Crippen molar-refractivity contribution >= 4 is 43.5 Å². The van der Waals surface area contributed by atoms with Gasteiger partial charge in [-0.15, -0.1) is 0 Å². The molecule has 0 unspecified atom stereocenters. The van der Waals surface area contributed by atoms with E-state index in [4.69, 9.17) is 0 Å². The van der Waals surface area contributed by atoms with Crippen LogP contribution in [0.5, 0.6) is 0 Å². The van der Waals surface area contributed by atoms with Gasteiger partial charge in [0.2, 0.25) is 11.8 Å². The van der Waals surface area contributed by atoms with Gasteiger partial charge < -0.3 is 10.2 Å². The van der Waals surface area contributed by atoms with E-state index in [-0.39, 0.29) is 23.4 Å². The summed E-state index contributed by atoms with van der Waals surface area (Å²) >= 11 is 3.41. The number of carbonyl (C=O) groups is 2. The molecule has 0 aromatic heterocycles. The van der Waals surface area contributed by atoms with Crippen LogP contribution in [0.25, 0.3) is 0 Å². The van der Waals surface area contributed by atoms with E-state index in [9.17, 15) is 22.4 Å². The van der Waals surface area contributed by atoms with E-state index in [0.29, 0.717) is 22.1 Å². The van der Waals surface area contributed by atoms with E-state index in [1.165, 1.54) is 29.2 Å². The number of benzene rings is 3. The molecule has 10 heteroatoms. The molecule has 1 aliphatic rings. The highest BCUT2D eigenvalue weighted by Crippen LogP contribution is 2.27. The molecular weight excluding hydrogens is 621 g/mol. The average Bonchev–Trinajstić information content (AvgIpc) is 2.97. The SMILES string of the molecule is CC[C@H](C(=O)NC1CCCCC1)N(Cc1ccc(F)cc1)C(=O)CN(c1cccc(Br)c1)S(=O)(=O)c1ccc(C)cc1. The van der Waals surface area contributed by atoms with Crippen LogP contribution >= 0.6 is 15.9 Å². The molecule has 1 fully saturated rings. The highest BCUT2D eigenvalue weighted by Gasteiger charge is 2.34. The van der Waals surface area contributed by atoms with E-state index in [2.05, 4.69) is 21.2 Å². The van der Waals surface area contributed by atoms with E-state index in [1.807, 2.05) is 13.8 Å². The summed E-state index contributed by atoms with van der Waals surface area (Å²) in [5.41, 5.74) is 1.84. The second-order valence-electron chi connectivity index (χ2n) is 10.7. The zero-order chi connectivity index (χ0) is 30.3. The number of anilines is 1. The van der Waals surface area contributed by atoms with Gasteiger partial charge in [-0.25, -0.2) is 12.8 Å². The van der Waals surface area contributed by atoms with Crippen molar-refractivity contribution < 1.29 is 22.4 Å².